The van der Waals surface area contributed by atoms with Gasteiger partial charge in [-0.25, -0.2) is 4.39 Å². The average Bonchev–Trinajstić information content (AvgIpc) is 2.64. The summed E-state index contributed by atoms with van der Waals surface area (Å²) in [6, 6.07) is 8.35. The van der Waals surface area contributed by atoms with Crippen molar-refractivity contribution in [3.05, 3.63) is 57.0 Å². The third-order valence-electron chi connectivity index (χ3n) is 2.56. The number of rotatable bonds is 2. The molecule has 2 aromatic rings. The summed E-state index contributed by atoms with van der Waals surface area (Å²) in [6.45, 7) is 3.81. The predicted octanol–water partition coefficient (Wildman–Crippen LogP) is 3.59. The molecule has 1 atom stereocenters. The number of hydrogen-bond acceptors (Lipinski definition) is 2. The predicted molar refractivity (Wildman–Crippen MR) is 64.3 cm³/mol. The number of halogens is 1. The molecule has 0 spiro atoms. The lowest BCUT2D eigenvalue weighted by Crippen LogP contribution is -2.00. The third kappa shape index (κ3) is 2.15. The van der Waals surface area contributed by atoms with Crippen LogP contribution in [-0.2, 0) is 0 Å². The van der Waals surface area contributed by atoms with E-state index in [0.717, 1.165) is 20.9 Å². The van der Waals surface area contributed by atoms with Crippen molar-refractivity contribution in [1.82, 2.24) is 0 Å². The van der Waals surface area contributed by atoms with Gasteiger partial charge in [0.05, 0.1) is 0 Å². The first-order valence-corrected chi connectivity index (χ1v) is 5.90. The van der Waals surface area contributed by atoms with E-state index in [1.807, 2.05) is 26.0 Å². The van der Waals surface area contributed by atoms with Crippen LogP contribution in [0.2, 0.25) is 0 Å². The molecule has 1 aromatic heterocycles. The maximum absolute atomic E-state index is 12.9. The van der Waals surface area contributed by atoms with Crippen LogP contribution in [-0.4, -0.2) is 5.11 Å². The first kappa shape index (κ1) is 11.3. The zero-order valence-corrected chi connectivity index (χ0v) is 10.0. The van der Waals surface area contributed by atoms with E-state index >= 15 is 0 Å². The van der Waals surface area contributed by atoms with Gasteiger partial charge >= 0.3 is 0 Å². The van der Waals surface area contributed by atoms with Crippen molar-refractivity contribution in [2.45, 2.75) is 20.0 Å². The molecule has 0 amide bonds. The van der Waals surface area contributed by atoms with Crippen LogP contribution < -0.4 is 0 Å². The van der Waals surface area contributed by atoms with Crippen molar-refractivity contribution < 1.29 is 9.50 Å². The summed E-state index contributed by atoms with van der Waals surface area (Å²) in [7, 11) is 0. The number of aliphatic hydroxyl groups excluding tert-OH is 1. The van der Waals surface area contributed by atoms with Crippen molar-refractivity contribution >= 4 is 11.3 Å². The molecule has 1 nitrogen and oxygen atoms in total. The van der Waals surface area contributed by atoms with Gasteiger partial charge in [-0.1, -0.05) is 6.07 Å². The molecule has 0 radical (unpaired) electrons. The molecule has 0 aliphatic carbocycles. The van der Waals surface area contributed by atoms with Crippen LogP contribution in [0.5, 0.6) is 0 Å². The minimum atomic E-state index is -0.653. The second-order valence-corrected chi connectivity index (χ2v) is 5.17. The summed E-state index contributed by atoms with van der Waals surface area (Å²) in [5.41, 5.74) is 1.54. The Morgan fingerprint density at radius 2 is 1.94 bits per heavy atom. The lowest BCUT2D eigenvalue weighted by Gasteiger charge is -2.11. The number of aliphatic hydroxyl groups is 1. The topological polar surface area (TPSA) is 20.2 Å². The lowest BCUT2D eigenvalue weighted by atomic mass is 10.0. The van der Waals surface area contributed by atoms with Gasteiger partial charge in [0.15, 0.2) is 0 Å². The number of aryl methyl sites for hydroxylation is 2. The Morgan fingerprint density at radius 1 is 1.19 bits per heavy atom. The Bertz CT molecular complexity index is 504. The summed E-state index contributed by atoms with van der Waals surface area (Å²) in [5.74, 6) is -0.268. The van der Waals surface area contributed by atoms with Crippen LogP contribution in [0.1, 0.15) is 27.0 Å². The monoisotopic (exact) mass is 236 g/mol. The van der Waals surface area contributed by atoms with Crippen molar-refractivity contribution in [3.63, 3.8) is 0 Å². The SMILES string of the molecule is Cc1ccc(C(O)c2ccc(F)cc2C)s1. The minimum absolute atomic E-state index is 0.268. The van der Waals surface area contributed by atoms with E-state index in [-0.39, 0.29) is 5.82 Å². The fraction of sp³-hybridized carbons (Fsp3) is 0.231. The Kier molecular flexibility index (Phi) is 3.08. The average molecular weight is 236 g/mol. The fourth-order valence-electron chi connectivity index (χ4n) is 1.70. The Hall–Kier alpha value is -1.19. The molecule has 3 heteroatoms. The quantitative estimate of drug-likeness (QED) is 0.845. The maximum atomic E-state index is 12.9. The first-order valence-electron chi connectivity index (χ1n) is 5.08. The van der Waals surface area contributed by atoms with E-state index in [9.17, 15) is 9.50 Å². The molecule has 1 N–H and O–H groups in total. The zero-order chi connectivity index (χ0) is 11.7. The molecule has 2 rings (SSSR count). The molecule has 84 valence electrons. The van der Waals surface area contributed by atoms with Crippen LogP contribution >= 0.6 is 11.3 Å². The van der Waals surface area contributed by atoms with Crippen LogP contribution in [0.3, 0.4) is 0 Å². The molecule has 16 heavy (non-hydrogen) atoms. The van der Waals surface area contributed by atoms with Crippen LogP contribution in [0.15, 0.2) is 30.3 Å². The molecule has 0 aliphatic rings. The Labute approximate surface area is 98.2 Å². The molecule has 0 bridgehead atoms. The molecule has 1 heterocycles. The second kappa shape index (κ2) is 4.36. The van der Waals surface area contributed by atoms with Gasteiger partial charge in [-0.2, -0.15) is 0 Å². The highest BCUT2D eigenvalue weighted by Gasteiger charge is 2.14. The smallest absolute Gasteiger partial charge is 0.123 e. The van der Waals surface area contributed by atoms with Crippen molar-refractivity contribution in [1.29, 1.82) is 0 Å². The highest BCUT2D eigenvalue weighted by molar-refractivity contribution is 7.12. The zero-order valence-electron chi connectivity index (χ0n) is 9.20. The van der Waals surface area contributed by atoms with Gasteiger partial charge in [-0.15, -0.1) is 11.3 Å². The maximum Gasteiger partial charge on any atom is 0.123 e. The summed E-state index contributed by atoms with van der Waals surface area (Å²) < 4.78 is 12.9. The van der Waals surface area contributed by atoms with Crippen LogP contribution in [0.25, 0.3) is 0 Å². The van der Waals surface area contributed by atoms with E-state index in [0.29, 0.717) is 0 Å². The highest BCUT2D eigenvalue weighted by Crippen LogP contribution is 2.30. The molecule has 1 aromatic carbocycles. The van der Waals surface area contributed by atoms with E-state index in [1.165, 1.54) is 12.1 Å². The van der Waals surface area contributed by atoms with Crippen LogP contribution in [0, 0.1) is 19.7 Å². The van der Waals surface area contributed by atoms with Gasteiger partial charge in [0.1, 0.15) is 11.9 Å². The molecular formula is C13H13FOS. The normalized spacial score (nSPS) is 12.8. The summed E-state index contributed by atoms with van der Waals surface area (Å²) in [5, 5.41) is 10.2. The van der Waals surface area contributed by atoms with Gasteiger partial charge in [0.25, 0.3) is 0 Å². The fourth-order valence-corrected chi connectivity index (χ4v) is 2.58. The highest BCUT2D eigenvalue weighted by atomic mass is 32.1. The Morgan fingerprint density at radius 3 is 2.50 bits per heavy atom. The van der Waals surface area contributed by atoms with Crippen molar-refractivity contribution in [2.75, 3.05) is 0 Å². The molecule has 0 aliphatic heterocycles. The van der Waals surface area contributed by atoms with E-state index in [1.54, 1.807) is 17.4 Å². The molecule has 1 unspecified atom stereocenters. The van der Waals surface area contributed by atoms with E-state index in [2.05, 4.69) is 0 Å². The van der Waals surface area contributed by atoms with Crippen molar-refractivity contribution in [3.8, 4) is 0 Å². The molecular weight excluding hydrogens is 223 g/mol. The van der Waals surface area contributed by atoms with Gasteiger partial charge < -0.3 is 5.11 Å². The van der Waals surface area contributed by atoms with Crippen LogP contribution in [0.4, 0.5) is 4.39 Å². The van der Waals surface area contributed by atoms with Gasteiger partial charge in [0.2, 0.25) is 0 Å². The summed E-state index contributed by atoms with van der Waals surface area (Å²) in [4.78, 5) is 2.06. The standard InChI is InChI=1S/C13H13FOS/c1-8-7-10(14)4-5-11(8)13(15)12-6-3-9(2)16-12/h3-7,13,15H,1-2H3. The molecule has 0 saturated heterocycles. The minimum Gasteiger partial charge on any atom is -0.383 e. The number of thiophene rings is 1. The van der Waals surface area contributed by atoms with Crippen molar-refractivity contribution in [2.24, 2.45) is 0 Å². The molecule has 0 fully saturated rings. The van der Waals surface area contributed by atoms with Gasteiger partial charge in [-0.3, -0.25) is 0 Å². The summed E-state index contributed by atoms with van der Waals surface area (Å²) in [6.07, 6.45) is -0.653. The second-order valence-electron chi connectivity index (χ2n) is 3.85. The first-order chi connectivity index (χ1) is 7.58. The largest absolute Gasteiger partial charge is 0.383 e. The third-order valence-corrected chi connectivity index (χ3v) is 3.61. The Balaban J connectivity index is 2.37. The van der Waals surface area contributed by atoms with E-state index < -0.39 is 6.10 Å². The lowest BCUT2D eigenvalue weighted by molar-refractivity contribution is 0.223. The van der Waals surface area contributed by atoms with Gasteiger partial charge in [0, 0.05) is 9.75 Å². The van der Waals surface area contributed by atoms with E-state index in [4.69, 9.17) is 0 Å². The number of benzene rings is 1. The summed E-state index contributed by atoms with van der Waals surface area (Å²) >= 11 is 1.56. The molecule has 0 saturated carbocycles. The number of hydrogen-bond donors (Lipinski definition) is 1. The van der Waals surface area contributed by atoms with Gasteiger partial charge in [-0.05, 0) is 49.2 Å².